The first kappa shape index (κ1) is 27.3. The van der Waals surface area contributed by atoms with Gasteiger partial charge in [-0.15, -0.1) is 0 Å². The van der Waals surface area contributed by atoms with Gasteiger partial charge >= 0.3 is 12.4 Å². The predicted molar refractivity (Wildman–Crippen MR) is 134 cm³/mol. The van der Waals surface area contributed by atoms with Crippen LogP contribution in [0.4, 0.5) is 31.1 Å². The van der Waals surface area contributed by atoms with Crippen molar-refractivity contribution < 1.29 is 35.9 Å². The van der Waals surface area contributed by atoms with Gasteiger partial charge in [0, 0.05) is 18.0 Å². The maximum Gasteiger partial charge on any atom is 0.416 e. The third-order valence-electron chi connectivity index (χ3n) is 6.96. The Balaban J connectivity index is 1.38. The molecule has 2 aromatic carbocycles. The minimum absolute atomic E-state index is 0.108. The lowest BCUT2D eigenvalue weighted by molar-refractivity contribution is -0.143. The summed E-state index contributed by atoms with van der Waals surface area (Å²) in [5.74, 6) is -0.372. The zero-order valence-electron chi connectivity index (χ0n) is 20.5. The summed E-state index contributed by atoms with van der Waals surface area (Å²) >= 11 is 0.853. The van der Waals surface area contributed by atoms with Gasteiger partial charge in [0.15, 0.2) is 0 Å². The smallest absolute Gasteiger partial charge is 0.302 e. The first-order valence-electron chi connectivity index (χ1n) is 12.0. The third kappa shape index (κ3) is 5.55. The molecule has 1 atom stereocenters. The fourth-order valence-electron chi connectivity index (χ4n) is 4.87. The molecule has 1 aromatic heterocycles. The van der Waals surface area contributed by atoms with E-state index in [1.54, 1.807) is 24.3 Å². The number of rotatable bonds is 5. The van der Waals surface area contributed by atoms with Crippen LogP contribution >= 0.6 is 11.8 Å². The summed E-state index contributed by atoms with van der Waals surface area (Å²) in [5.41, 5.74) is -2.06. The quantitative estimate of drug-likeness (QED) is 0.269. The Hall–Kier alpha value is -3.32. The molecule has 0 radical (unpaired) electrons. The number of thioether (sulfide) groups is 1. The first-order valence-corrected chi connectivity index (χ1v) is 12.8. The van der Waals surface area contributed by atoms with Crippen molar-refractivity contribution >= 4 is 39.9 Å². The highest BCUT2D eigenvalue weighted by Gasteiger charge is 2.39. The fraction of sp³-hybridized carbons (Fsp3) is 0.346. The number of likely N-dealkylation sites (N-methyl/N-ethyl adjacent to an activating group) is 1. The van der Waals surface area contributed by atoms with Gasteiger partial charge in [-0.05, 0) is 79.7 Å². The van der Waals surface area contributed by atoms with Gasteiger partial charge in [0.1, 0.15) is 0 Å². The van der Waals surface area contributed by atoms with E-state index in [-0.39, 0.29) is 33.7 Å². The minimum atomic E-state index is -4.98. The Labute approximate surface area is 223 Å². The summed E-state index contributed by atoms with van der Waals surface area (Å²) in [6.07, 6.45) is -4.96. The second kappa shape index (κ2) is 10.0. The number of amides is 2. The highest BCUT2D eigenvalue weighted by molar-refractivity contribution is 8.18. The number of carbonyl (C=O) groups is 2. The molecule has 206 valence electrons. The lowest BCUT2D eigenvalue weighted by Gasteiger charge is -2.23. The van der Waals surface area contributed by atoms with Crippen LogP contribution in [-0.2, 0) is 23.7 Å². The molecule has 0 saturated carbocycles. The number of imide groups is 1. The molecular weight excluding hydrogens is 546 g/mol. The normalized spacial score (nSPS) is 20.2. The molecule has 5 rings (SSSR count). The van der Waals surface area contributed by atoms with Gasteiger partial charge in [-0.3, -0.25) is 19.2 Å². The van der Waals surface area contributed by atoms with Crippen LogP contribution < -0.4 is 0 Å². The number of hydrogen-bond donors (Lipinski definition) is 0. The molecule has 2 aliphatic heterocycles. The van der Waals surface area contributed by atoms with Crippen molar-refractivity contribution in [1.29, 1.82) is 0 Å². The molecule has 39 heavy (non-hydrogen) atoms. The van der Waals surface area contributed by atoms with E-state index in [0.29, 0.717) is 29.1 Å². The van der Waals surface area contributed by atoms with Crippen molar-refractivity contribution in [3.05, 3.63) is 69.8 Å². The van der Waals surface area contributed by atoms with Crippen LogP contribution in [0.15, 0.2) is 47.5 Å². The average Bonchev–Trinajstić information content (AvgIpc) is 3.52. The number of likely N-dealkylation sites (tertiary alicyclic amines) is 1. The van der Waals surface area contributed by atoms with E-state index in [4.69, 9.17) is 0 Å². The van der Waals surface area contributed by atoms with Crippen molar-refractivity contribution in [2.75, 3.05) is 20.1 Å². The molecule has 2 saturated heterocycles. The largest absolute Gasteiger partial charge is 0.416 e. The number of carbonyl (C=O) groups excluding carboxylic acids is 2. The fourth-order valence-corrected chi connectivity index (χ4v) is 5.71. The molecule has 2 amide bonds. The Morgan fingerprint density at radius 1 is 1.05 bits per heavy atom. The highest BCUT2D eigenvalue weighted by Crippen LogP contribution is 2.38. The summed E-state index contributed by atoms with van der Waals surface area (Å²) in [6, 6.07) is 6.58. The predicted octanol–water partition coefficient (Wildman–Crippen LogP) is 6.25. The van der Waals surface area contributed by atoms with Gasteiger partial charge in [0.25, 0.3) is 11.1 Å². The topological polar surface area (TPSA) is 58.4 Å². The maximum absolute atomic E-state index is 13.6. The molecule has 3 heterocycles. The van der Waals surface area contributed by atoms with Gasteiger partial charge < -0.3 is 4.90 Å². The molecule has 2 fully saturated rings. The summed E-state index contributed by atoms with van der Waals surface area (Å²) in [6.45, 7) is 0.847. The van der Waals surface area contributed by atoms with E-state index in [1.165, 1.54) is 15.8 Å². The molecule has 0 spiro atoms. The zero-order chi connectivity index (χ0) is 28.1. The second-order valence-electron chi connectivity index (χ2n) is 9.56. The molecule has 0 N–H and O–H groups in total. The van der Waals surface area contributed by atoms with E-state index >= 15 is 0 Å². The van der Waals surface area contributed by atoms with Crippen LogP contribution in [0.1, 0.15) is 35.1 Å². The summed E-state index contributed by atoms with van der Waals surface area (Å²) in [5, 5.41) is 4.34. The van der Waals surface area contributed by atoms with Gasteiger partial charge in [-0.2, -0.15) is 31.4 Å². The summed E-state index contributed by atoms with van der Waals surface area (Å²) in [7, 11) is 1.96. The molecule has 13 heteroatoms. The number of alkyl halides is 6. The summed E-state index contributed by atoms with van der Waals surface area (Å²) in [4.78, 5) is 29.0. The zero-order valence-corrected chi connectivity index (χ0v) is 21.3. The second-order valence-corrected chi connectivity index (χ2v) is 10.6. The monoisotopic (exact) mass is 568 g/mol. The molecular formula is C26H22F6N4O2S. The van der Waals surface area contributed by atoms with E-state index in [0.717, 1.165) is 37.2 Å². The Kier molecular flexibility index (Phi) is 7.00. The molecule has 0 bridgehead atoms. The van der Waals surface area contributed by atoms with Gasteiger partial charge in [-0.25, -0.2) is 0 Å². The number of aromatic nitrogens is 2. The minimum Gasteiger partial charge on any atom is -0.302 e. The van der Waals surface area contributed by atoms with Gasteiger partial charge in [0.2, 0.25) is 0 Å². The van der Waals surface area contributed by atoms with Crippen LogP contribution in [0, 0.1) is 0 Å². The van der Waals surface area contributed by atoms with Crippen molar-refractivity contribution in [1.82, 2.24) is 19.6 Å². The Morgan fingerprint density at radius 3 is 2.49 bits per heavy atom. The lowest BCUT2D eigenvalue weighted by atomic mass is 10.0. The number of fused-ring (bicyclic) bond motifs is 1. The molecule has 0 aliphatic carbocycles. The van der Waals surface area contributed by atoms with Crippen LogP contribution in [0.5, 0.6) is 0 Å². The maximum atomic E-state index is 13.6. The van der Waals surface area contributed by atoms with Crippen LogP contribution in [0.2, 0.25) is 0 Å². The third-order valence-corrected chi connectivity index (χ3v) is 7.87. The van der Waals surface area contributed by atoms with Crippen LogP contribution in [0.25, 0.3) is 17.0 Å². The van der Waals surface area contributed by atoms with Gasteiger partial charge in [0.05, 0.1) is 34.3 Å². The highest BCUT2D eigenvalue weighted by atomic mass is 32.2. The molecule has 3 aromatic rings. The van der Waals surface area contributed by atoms with E-state index in [1.807, 2.05) is 7.05 Å². The van der Waals surface area contributed by atoms with Gasteiger partial charge in [-0.1, -0.05) is 12.1 Å². The molecule has 2 aliphatic rings. The van der Waals surface area contributed by atoms with Crippen molar-refractivity contribution in [3.63, 3.8) is 0 Å². The van der Waals surface area contributed by atoms with Crippen LogP contribution in [-0.4, -0.2) is 56.9 Å². The van der Waals surface area contributed by atoms with E-state index in [2.05, 4.69) is 10.00 Å². The first-order chi connectivity index (χ1) is 18.3. The van der Waals surface area contributed by atoms with Crippen LogP contribution in [0.3, 0.4) is 0 Å². The summed E-state index contributed by atoms with van der Waals surface area (Å²) < 4.78 is 80.9. The number of hydrogen-bond acceptors (Lipinski definition) is 5. The Bertz CT molecular complexity index is 1480. The number of nitrogens with zero attached hydrogens (tertiary/aromatic N) is 4. The standard InChI is InChI=1S/C26H22F6N4O2S/c1-34-8-2-3-19(34)14-35-23(37)22(39-24(35)38)10-15-4-7-21-17(9-15)12-33-36(21)13-16-5-6-18(25(27,28)29)11-20(16)26(30,31)32/h4-7,9-12,19H,2-3,8,13-14H2,1H3/t19-/m0/s1. The number of benzene rings is 2. The molecule has 0 unspecified atom stereocenters. The Morgan fingerprint density at radius 2 is 1.82 bits per heavy atom. The molecule has 6 nitrogen and oxygen atoms in total. The number of halogens is 6. The van der Waals surface area contributed by atoms with Crippen molar-refractivity contribution in [3.8, 4) is 0 Å². The lowest BCUT2D eigenvalue weighted by Crippen LogP contribution is -2.40. The van der Waals surface area contributed by atoms with Crippen molar-refractivity contribution in [2.24, 2.45) is 0 Å². The van der Waals surface area contributed by atoms with E-state index < -0.39 is 30.0 Å². The van der Waals surface area contributed by atoms with Crippen molar-refractivity contribution in [2.45, 2.75) is 37.8 Å². The van der Waals surface area contributed by atoms with E-state index in [9.17, 15) is 35.9 Å². The SMILES string of the molecule is CN1CCC[C@H]1CN1C(=O)SC(=Cc2ccc3c(cnn3Cc3ccc(C(F)(F)F)cc3C(F)(F)F)c2)C1=O. The average molecular weight is 569 g/mol.